The molecule has 4 rings (SSSR count). The summed E-state index contributed by atoms with van der Waals surface area (Å²) in [4.78, 5) is 21.7. The molecular weight excluding hydrogens is 346 g/mol. The molecule has 1 aromatic heterocycles. The second-order valence-electron chi connectivity index (χ2n) is 7.37. The van der Waals surface area contributed by atoms with Crippen LogP contribution < -0.4 is 9.80 Å². The van der Waals surface area contributed by atoms with Gasteiger partial charge in [0, 0.05) is 30.2 Å². The first-order chi connectivity index (χ1) is 13.6. The average molecular weight is 371 g/mol. The number of para-hydroxylation sites is 1. The molecule has 0 fully saturated rings. The van der Waals surface area contributed by atoms with Crippen molar-refractivity contribution in [3.63, 3.8) is 0 Å². The summed E-state index contributed by atoms with van der Waals surface area (Å²) in [5, 5.41) is 0. The van der Waals surface area contributed by atoms with Gasteiger partial charge in [0.25, 0.3) is 5.91 Å². The van der Waals surface area contributed by atoms with Gasteiger partial charge >= 0.3 is 0 Å². The van der Waals surface area contributed by atoms with Crippen LogP contribution in [-0.2, 0) is 6.42 Å². The van der Waals surface area contributed by atoms with E-state index in [9.17, 15) is 4.79 Å². The summed E-state index contributed by atoms with van der Waals surface area (Å²) in [5.41, 5.74) is 6.16. The van der Waals surface area contributed by atoms with E-state index in [2.05, 4.69) is 41.1 Å². The lowest BCUT2D eigenvalue weighted by molar-refractivity contribution is 0.0988. The number of carbonyl (C=O) groups excluding carboxylic acids is 1. The van der Waals surface area contributed by atoms with Gasteiger partial charge in [0.2, 0.25) is 0 Å². The molecule has 142 valence electrons. The number of hydrogen-bond donors (Lipinski definition) is 0. The standard InChI is InChI=1S/C24H25N3O/c1-4-26(21-10-7-8-17(2)12-21)24(28)20-14-22(16-25-15-20)27-18(3)13-19-9-5-6-11-23(19)27/h5-12,14-16,18H,4,13H2,1-3H3. The maximum Gasteiger partial charge on any atom is 0.259 e. The quantitative estimate of drug-likeness (QED) is 0.637. The molecule has 4 nitrogen and oxygen atoms in total. The van der Waals surface area contributed by atoms with Crippen molar-refractivity contribution in [3.8, 4) is 0 Å². The Balaban J connectivity index is 1.68. The highest BCUT2D eigenvalue weighted by atomic mass is 16.2. The Morgan fingerprint density at radius 3 is 2.75 bits per heavy atom. The monoisotopic (exact) mass is 371 g/mol. The van der Waals surface area contributed by atoms with Crippen molar-refractivity contribution < 1.29 is 4.79 Å². The van der Waals surface area contributed by atoms with E-state index in [0.717, 1.165) is 23.4 Å². The molecule has 1 atom stereocenters. The molecule has 2 heterocycles. The molecular formula is C24H25N3O. The van der Waals surface area contributed by atoms with Gasteiger partial charge in [-0.15, -0.1) is 0 Å². The van der Waals surface area contributed by atoms with E-state index in [0.29, 0.717) is 18.2 Å². The molecule has 3 aromatic rings. The number of aromatic nitrogens is 1. The number of carbonyl (C=O) groups is 1. The minimum Gasteiger partial charge on any atom is -0.337 e. The average Bonchev–Trinajstić information content (AvgIpc) is 3.04. The Kier molecular flexibility index (Phi) is 4.86. The third-order valence-electron chi connectivity index (χ3n) is 5.33. The molecule has 1 aliphatic rings. The molecule has 1 aliphatic heterocycles. The summed E-state index contributed by atoms with van der Waals surface area (Å²) in [6.45, 7) is 6.85. The minimum atomic E-state index is -0.0254. The number of aryl methyl sites for hydroxylation is 1. The lowest BCUT2D eigenvalue weighted by Crippen LogP contribution is -2.31. The fourth-order valence-electron chi connectivity index (χ4n) is 4.03. The summed E-state index contributed by atoms with van der Waals surface area (Å²) < 4.78 is 0. The van der Waals surface area contributed by atoms with Crippen LogP contribution in [0.2, 0.25) is 0 Å². The van der Waals surface area contributed by atoms with Gasteiger partial charge in [-0.3, -0.25) is 9.78 Å². The van der Waals surface area contributed by atoms with Crippen molar-refractivity contribution in [2.75, 3.05) is 16.3 Å². The van der Waals surface area contributed by atoms with Gasteiger partial charge in [-0.1, -0.05) is 30.3 Å². The summed E-state index contributed by atoms with van der Waals surface area (Å²) in [7, 11) is 0. The topological polar surface area (TPSA) is 36.4 Å². The zero-order valence-corrected chi connectivity index (χ0v) is 16.6. The van der Waals surface area contributed by atoms with E-state index >= 15 is 0 Å². The summed E-state index contributed by atoms with van der Waals surface area (Å²) >= 11 is 0. The number of amides is 1. The van der Waals surface area contributed by atoms with Gasteiger partial charge in [0.15, 0.2) is 0 Å². The second-order valence-corrected chi connectivity index (χ2v) is 7.37. The lowest BCUT2D eigenvalue weighted by Gasteiger charge is -2.26. The van der Waals surface area contributed by atoms with E-state index in [-0.39, 0.29) is 5.91 Å². The minimum absolute atomic E-state index is 0.0254. The number of fused-ring (bicyclic) bond motifs is 1. The van der Waals surface area contributed by atoms with E-state index in [1.807, 2.05) is 50.4 Å². The van der Waals surface area contributed by atoms with E-state index in [1.165, 1.54) is 11.3 Å². The summed E-state index contributed by atoms with van der Waals surface area (Å²) in [6, 6.07) is 18.8. The van der Waals surface area contributed by atoms with Crippen molar-refractivity contribution in [1.29, 1.82) is 0 Å². The van der Waals surface area contributed by atoms with Crippen LogP contribution in [0.15, 0.2) is 67.0 Å². The molecule has 0 aliphatic carbocycles. The first-order valence-corrected chi connectivity index (χ1v) is 9.79. The summed E-state index contributed by atoms with van der Waals surface area (Å²) in [5.74, 6) is -0.0254. The summed E-state index contributed by atoms with van der Waals surface area (Å²) in [6.07, 6.45) is 4.51. The molecule has 2 aromatic carbocycles. The number of nitrogens with zero attached hydrogens (tertiary/aromatic N) is 3. The zero-order chi connectivity index (χ0) is 19.7. The van der Waals surface area contributed by atoms with E-state index in [4.69, 9.17) is 0 Å². The second kappa shape index (κ2) is 7.47. The van der Waals surface area contributed by atoms with Crippen LogP contribution in [0.1, 0.15) is 35.3 Å². The van der Waals surface area contributed by atoms with Crippen LogP contribution in [0.25, 0.3) is 0 Å². The van der Waals surface area contributed by atoms with Gasteiger partial charge in [-0.2, -0.15) is 0 Å². The Labute approximate surface area is 166 Å². The molecule has 0 spiro atoms. The van der Waals surface area contributed by atoms with Crippen molar-refractivity contribution in [3.05, 3.63) is 83.7 Å². The maximum absolute atomic E-state index is 13.2. The highest BCUT2D eigenvalue weighted by Gasteiger charge is 2.28. The lowest BCUT2D eigenvalue weighted by atomic mass is 10.1. The smallest absolute Gasteiger partial charge is 0.259 e. The SMILES string of the molecule is CCN(C(=O)c1cncc(N2c3ccccc3CC2C)c1)c1cccc(C)c1. The van der Waals surface area contributed by atoms with Crippen LogP contribution >= 0.6 is 0 Å². The Bertz CT molecular complexity index is 1010. The largest absolute Gasteiger partial charge is 0.337 e. The van der Waals surface area contributed by atoms with Gasteiger partial charge < -0.3 is 9.80 Å². The number of anilines is 3. The molecule has 1 unspecified atom stereocenters. The molecule has 0 bridgehead atoms. The Morgan fingerprint density at radius 2 is 1.96 bits per heavy atom. The molecule has 28 heavy (non-hydrogen) atoms. The van der Waals surface area contributed by atoms with E-state index < -0.39 is 0 Å². The first-order valence-electron chi connectivity index (χ1n) is 9.79. The van der Waals surface area contributed by atoms with Crippen LogP contribution in [0.5, 0.6) is 0 Å². The van der Waals surface area contributed by atoms with Crippen LogP contribution in [0.4, 0.5) is 17.1 Å². The Hall–Kier alpha value is -3.14. The van der Waals surface area contributed by atoms with Crippen molar-refractivity contribution in [2.24, 2.45) is 0 Å². The van der Waals surface area contributed by atoms with Gasteiger partial charge in [0.05, 0.1) is 17.4 Å². The van der Waals surface area contributed by atoms with Crippen molar-refractivity contribution in [2.45, 2.75) is 33.2 Å². The van der Waals surface area contributed by atoms with Gasteiger partial charge in [-0.25, -0.2) is 0 Å². The maximum atomic E-state index is 13.2. The predicted octanol–water partition coefficient (Wildman–Crippen LogP) is 5.14. The van der Waals surface area contributed by atoms with Crippen LogP contribution in [0.3, 0.4) is 0 Å². The molecule has 0 saturated carbocycles. The van der Waals surface area contributed by atoms with Crippen LogP contribution in [0, 0.1) is 6.92 Å². The van der Waals surface area contributed by atoms with E-state index in [1.54, 1.807) is 11.1 Å². The molecule has 4 heteroatoms. The third kappa shape index (κ3) is 3.26. The Morgan fingerprint density at radius 1 is 1.14 bits per heavy atom. The molecule has 0 radical (unpaired) electrons. The number of pyridine rings is 1. The molecule has 0 saturated heterocycles. The highest BCUT2D eigenvalue weighted by Crippen LogP contribution is 2.38. The van der Waals surface area contributed by atoms with Gasteiger partial charge in [-0.05, 0) is 62.6 Å². The zero-order valence-electron chi connectivity index (χ0n) is 16.6. The third-order valence-corrected chi connectivity index (χ3v) is 5.33. The molecule has 0 N–H and O–H groups in total. The van der Waals surface area contributed by atoms with Crippen LogP contribution in [-0.4, -0.2) is 23.5 Å². The first kappa shape index (κ1) is 18.2. The normalized spacial score (nSPS) is 15.4. The van der Waals surface area contributed by atoms with Crippen molar-refractivity contribution >= 4 is 23.0 Å². The highest BCUT2D eigenvalue weighted by molar-refractivity contribution is 6.06. The molecule has 1 amide bonds. The van der Waals surface area contributed by atoms with Crippen molar-refractivity contribution in [1.82, 2.24) is 4.98 Å². The fourth-order valence-corrected chi connectivity index (χ4v) is 4.03. The predicted molar refractivity (Wildman–Crippen MR) is 115 cm³/mol. The van der Waals surface area contributed by atoms with Gasteiger partial charge in [0.1, 0.15) is 0 Å². The number of rotatable bonds is 4. The number of hydrogen-bond acceptors (Lipinski definition) is 3. The fraction of sp³-hybridized carbons (Fsp3) is 0.250. The number of benzene rings is 2.